The van der Waals surface area contributed by atoms with Crippen molar-refractivity contribution < 1.29 is 0 Å². The Morgan fingerprint density at radius 3 is 2.93 bits per heavy atom. The van der Waals surface area contributed by atoms with E-state index < -0.39 is 0 Å². The highest BCUT2D eigenvalue weighted by atomic mass is 15.1. The fourth-order valence-electron chi connectivity index (χ4n) is 2.14. The van der Waals surface area contributed by atoms with E-state index in [1.807, 2.05) is 12.1 Å². The van der Waals surface area contributed by atoms with Gasteiger partial charge in [0.1, 0.15) is 5.82 Å². The highest BCUT2D eigenvalue weighted by Gasteiger charge is 2.21. The third kappa shape index (κ3) is 2.65. The lowest BCUT2D eigenvalue weighted by Gasteiger charge is -2.12. The molecule has 0 aromatic carbocycles. The molecule has 0 spiro atoms. The van der Waals surface area contributed by atoms with Crippen molar-refractivity contribution >= 4 is 5.82 Å². The molecular weight excluding hydrogens is 188 g/mol. The summed E-state index contributed by atoms with van der Waals surface area (Å²) in [5.74, 6) is 1.24. The van der Waals surface area contributed by atoms with Gasteiger partial charge in [0, 0.05) is 6.54 Å². The van der Waals surface area contributed by atoms with Crippen LogP contribution in [0.25, 0.3) is 0 Å². The molecule has 1 saturated heterocycles. The largest absolute Gasteiger partial charge is 0.382 e. The van der Waals surface area contributed by atoms with Crippen LogP contribution in [0.3, 0.4) is 0 Å². The van der Waals surface area contributed by atoms with Gasteiger partial charge in [-0.1, -0.05) is 6.92 Å². The molecule has 82 valence electrons. The number of likely N-dealkylation sites (tertiary alicyclic amines) is 1. The highest BCUT2D eigenvalue weighted by Crippen LogP contribution is 2.19. The Morgan fingerprint density at radius 2 is 2.33 bits per heavy atom. The molecule has 1 aromatic heterocycles. The standard InChI is InChI=1S/C11H18N4/c1-2-15-6-5-9(8-15)7-10-3-4-11(12)14-13-10/h3-4,9H,2,5-8H2,1H3,(H2,12,14). The van der Waals surface area contributed by atoms with E-state index in [1.54, 1.807) is 0 Å². The van der Waals surface area contributed by atoms with Crippen LogP contribution in [0.15, 0.2) is 12.1 Å². The topological polar surface area (TPSA) is 55.0 Å². The predicted octanol–water partition coefficient (Wildman–Crippen LogP) is 0.943. The number of hydrogen-bond acceptors (Lipinski definition) is 4. The van der Waals surface area contributed by atoms with Crippen molar-refractivity contribution in [3.8, 4) is 0 Å². The van der Waals surface area contributed by atoms with E-state index in [-0.39, 0.29) is 0 Å². The molecule has 0 aliphatic carbocycles. The van der Waals surface area contributed by atoms with Crippen molar-refractivity contribution in [3.05, 3.63) is 17.8 Å². The lowest BCUT2D eigenvalue weighted by Crippen LogP contribution is -2.20. The first kappa shape index (κ1) is 10.4. The van der Waals surface area contributed by atoms with Crippen LogP contribution in [0.5, 0.6) is 0 Å². The molecule has 1 atom stereocenters. The number of anilines is 1. The summed E-state index contributed by atoms with van der Waals surface area (Å²) in [5.41, 5.74) is 6.56. The molecule has 0 radical (unpaired) electrons. The minimum atomic E-state index is 0.500. The van der Waals surface area contributed by atoms with Crippen LogP contribution in [-0.2, 0) is 6.42 Å². The molecule has 0 amide bonds. The fourth-order valence-corrected chi connectivity index (χ4v) is 2.14. The van der Waals surface area contributed by atoms with E-state index in [0.29, 0.717) is 5.82 Å². The van der Waals surface area contributed by atoms with Crippen molar-refractivity contribution in [2.45, 2.75) is 19.8 Å². The van der Waals surface area contributed by atoms with E-state index in [4.69, 9.17) is 5.73 Å². The van der Waals surface area contributed by atoms with Gasteiger partial charge in [-0.3, -0.25) is 0 Å². The first-order valence-electron chi connectivity index (χ1n) is 5.58. The Hall–Kier alpha value is -1.16. The first-order chi connectivity index (χ1) is 7.28. The van der Waals surface area contributed by atoms with Crippen molar-refractivity contribution in [3.63, 3.8) is 0 Å². The summed E-state index contributed by atoms with van der Waals surface area (Å²) in [6.45, 7) is 5.79. The molecule has 1 unspecified atom stereocenters. The highest BCUT2D eigenvalue weighted by molar-refractivity contribution is 5.25. The fraction of sp³-hybridized carbons (Fsp3) is 0.636. The smallest absolute Gasteiger partial charge is 0.146 e. The Morgan fingerprint density at radius 1 is 1.47 bits per heavy atom. The van der Waals surface area contributed by atoms with E-state index >= 15 is 0 Å². The van der Waals surface area contributed by atoms with E-state index in [1.165, 1.54) is 19.5 Å². The molecule has 0 saturated carbocycles. The summed E-state index contributed by atoms with van der Waals surface area (Å²) < 4.78 is 0. The molecular formula is C11H18N4. The number of rotatable bonds is 3. The van der Waals surface area contributed by atoms with Gasteiger partial charge in [-0.2, -0.15) is 5.10 Å². The molecule has 2 rings (SSSR count). The average Bonchev–Trinajstić information content (AvgIpc) is 2.69. The molecule has 0 bridgehead atoms. The second-order valence-corrected chi connectivity index (χ2v) is 4.20. The van der Waals surface area contributed by atoms with Crippen LogP contribution in [0.1, 0.15) is 19.0 Å². The third-order valence-corrected chi connectivity index (χ3v) is 3.06. The molecule has 1 aromatic rings. The Kier molecular flexibility index (Phi) is 3.16. The summed E-state index contributed by atoms with van der Waals surface area (Å²) in [7, 11) is 0. The Bertz CT molecular complexity index is 309. The van der Waals surface area contributed by atoms with Gasteiger partial charge in [0.15, 0.2) is 0 Å². The third-order valence-electron chi connectivity index (χ3n) is 3.06. The molecule has 1 aliphatic rings. The maximum atomic E-state index is 5.50. The van der Waals surface area contributed by atoms with Crippen molar-refractivity contribution in [1.29, 1.82) is 0 Å². The van der Waals surface area contributed by atoms with Crippen molar-refractivity contribution in [2.75, 3.05) is 25.4 Å². The number of nitrogens with zero attached hydrogens (tertiary/aromatic N) is 3. The summed E-state index contributed by atoms with van der Waals surface area (Å²) in [5, 5.41) is 7.97. The zero-order chi connectivity index (χ0) is 10.7. The van der Waals surface area contributed by atoms with Gasteiger partial charge in [0.25, 0.3) is 0 Å². The molecule has 1 aliphatic heterocycles. The first-order valence-corrected chi connectivity index (χ1v) is 5.58. The second kappa shape index (κ2) is 4.57. The van der Waals surface area contributed by atoms with Crippen molar-refractivity contribution in [2.24, 2.45) is 5.92 Å². The SMILES string of the molecule is CCN1CCC(Cc2ccc(N)nn2)C1. The number of nitrogen functional groups attached to an aromatic ring is 1. The number of aromatic nitrogens is 2. The predicted molar refractivity (Wildman–Crippen MR) is 60.4 cm³/mol. The Labute approximate surface area is 90.5 Å². The second-order valence-electron chi connectivity index (χ2n) is 4.20. The van der Waals surface area contributed by atoms with Gasteiger partial charge in [-0.25, -0.2) is 0 Å². The minimum absolute atomic E-state index is 0.500. The average molecular weight is 206 g/mol. The van der Waals surface area contributed by atoms with Gasteiger partial charge >= 0.3 is 0 Å². The molecule has 4 nitrogen and oxygen atoms in total. The zero-order valence-corrected chi connectivity index (χ0v) is 9.19. The van der Waals surface area contributed by atoms with Gasteiger partial charge in [-0.05, 0) is 44.0 Å². The van der Waals surface area contributed by atoms with Crippen molar-refractivity contribution in [1.82, 2.24) is 15.1 Å². The maximum Gasteiger partial charge on any atom is 0.146 e. The zero-order valence-electron chi connectivity index (χ0n) is 9.19. The quantitative estimate of drug-likeness (QED) is 0.799. The normalized spacial score (nSPS) is 22.1. The van der Waals surface area contributed by atoms with Crippen LogP contribution in [0, 0.1) is 5.92 Å². The maximum absolute atomic E-state index is 5.50. The van der Waals surface area contributed by atoms with Crippen LogP contribution in [-0.4, -0.2) is 34.7 Å². The summed E-state index contributed by atoms with van der Waals surface area (Å²) in [4.78, 5) is 2.48. The summed E-state index contributed by atoms with van der Waals surface area (Å²) in [6.07, 6.45) is 2.31. The van der Waals surface area contributed by atoms with Crippen LogP contribution >= 0.6 is 0 Å². The number of nitrogens with two attached hydrogens (primary N) is 1. The number of hydrogen-bond donors (Lipinski definition) is 1. The Balaban J connectivity index is 1.90. The summed E-state index contributed by atoms with van der Waals surface area (Å²) in [6, 6.07) is 3.81. The van der Waals surface area contributed by atoms with E-state index in [9.17, 15) is 0 Å². The van der Waals surface area contributed by atoms with Gasteiger partial charge in [0.2, 0.25) is 0 Å². The summed E-state index contributed by atoms with van der Waals surface area (Å²) >= 11 is 0. The van der Waals surface area contributed by atoms with E-state index in [0.717, 1.165) is 24.6 Å². The lowest BCUT2D eigenvalue weighted by atomic mass is 10.0. The van der Waals surface area contributed by atoms with Gasteiger partial charge in [-0.15, -0.1) is 5.10 Å². The monoisotopic (exact) mass is 206 g/mol. The molecule has 2 N–H and O–H groups in total. The van der Waals surface area contributed by atoms with Crippen LogP contribution in [0.2, 0.25) is 0 Å². The van der Waals surface area contributed by atoms with Crippen LogP contribution in [0.4, 0.5) is 5.82 Å². The van der Waals surface area contributed by atoms with E-state index in [2.05, 4.69) is 22.0 Å². The van der Waals surface area contributed by atoms with Gasteiger partial charge in [0.05, 0.1) is 5.69 Å². The molecule has 1 fully saturated rings. The van der Waals surface area contributed by atoms with Gasteiger partial charge < -0.3 is 10.6 Å². The molecule has 15 heavy (non-hydrogen) atoms. The van der Waals surface area contributed by atoms with Crippen LogP contribution < -0.4 is 5.73 Å². The molecule has 4 heteroatoms. The lowest BCUT2D eigenvalue weighted by molar-refractivity contribution is 0.341. The molecule has 2 heterocycles. The minimum Gasteiger partial charge on any atom is -0.382 e.